The fraction of sp³-hybridized carbons (Fsp3) is 0.867. The highest BCUT2D eigenvalue weighted by Crippen LogP contribution is 2.29. The number of carbonyl (C=O) groups excluding carboxylic acids is 1. The normalized spacial score (nSPS) is 36.5. The number of likely N-dealkylation sites (tertiary alicyclic amines) is 1. The molecule has 2 amide bonds. The lowest BCUT2D eigenvalue weighted by Gasteiger charge is -2.38. The van der Waals surface area contributed by atoms with Crippen LogP contribution in [0.5, 0.6) is 0 Å². The molecule has 3 rings (SSSR count). The zero-order chi connectivity index (χ0) is 15.0. The Hall–Kier alpha value is -1.30. The smallest absolute Gasteiger partial charge is 0.326 e. The van der Waals surface area contributed by atoms with Crippen LogP contribution in [0.25, 0.3) is 0 Å². The molecule has 3 saturated heterocycles. The summed E-state index contributed by atoms with van der Waals surface area (Å²) in [5.74, 6) is -0.861. The van der Waals surface area contributed by atoms with Crippen molar-refractivity contribution < 1.29 is 14.7 Å². The molecule has 6 nitrogen and oxygen atoms in total. The number of carboxylic acid groups (broad SMARTS) is 1. The van der Waals surface area contributed by atoms with Crippen LogP contribution in [-0.4, -0.2) is 64.7 Å². The lowest BCUT2D eigenvalue weighted by atomic mass is 9.91. The number of carbonyl (C=O) groups is 2. The highest BCUT2D eigenvalue weighted by Gasteiger charge is 2.41. The third kappa shape index (κ3) is 2.73. The maximum Gasteiger partial charge on any atom is 0.326 e. The van der Waals surface area contributed by atoms with E-state index < -0.39 is 12.0 Å². The number of nitrogens with one attached hydrogen (secondary N) is 1. The molecule has 0 aromatic carbocycles. The van der Waals surface area contributed by atoms with Gasteiger partial charge in [-0.3, -0.25) is 4.90 Å². The molecule has 4 unspecified atom stereocenters. The van der Waals surface area contributed by atoms with Crippen molar-refractivity contribution in [2.24, 2.45) is 5.92 Å². The fourth-order valence-electron chi connectivity index (χ4n) is 4.28. The molecular formula is C15H25N3O3. The van der Waals surface area contributed by atoms with Crippen molar-refractivity contribution in [2.75, 3.05) is 19.6 Å². The van der Waals surface area contributed by atoms with Gasteiger partial charge in [-0.2, -0.15) is 0 Å². The Kier molecular flexibility index (Phi) is 4.06. The largest absolute Gasteiger partial charge is 0.480 e. The average molecular weight is 295 g/mol. The molecule has 3 heterocycles. The quantitative estimate of drug-likeness (QED) is 0.800. The molecule has 3 fully saturated rings. The topological polar surface area (TPSA) is 72.9 Å². The molecule has 0 aromatic rings. The Morgan fingerprint density at radius 3 is 2.62 bits per heavy atom. The lowest BCUT2D eigenvalue weighted by molar-refractivity contribution is -0.145. The van der Waals surface area contributed by atoms with Crippen LogP contribution < -0.4 is 5.32 Å². The minimum atomic E-state index is -0.883. The van der Waals surface area contributed by atoms with Gasteiger partial charge in [0.15, 0.2) is 0 Å². The maximum atomic E-state index is 12.5. The van der Waals surface area contributed by atoms with Crippen LogP contribution in [0.1, 0.15) is 39.0 Å². The van der Waals surface area contributed by atoms with Crippen molar-refractivity contribution in [1.29, 1.82) is 0 Å². The van der Waals surface area contributed by atoms with Gasteiger partial charge in [-0.15, -0.1) is 0 Å². The second-order valence-electron chi connectivity index (χ2n) is 6.69. The molecule has 3 aliphatic rings. The highest BCUT2D eigenvalue weighted by molar-refractivity contribution is 5.83. The summed E-state index contributed by atoms with van der Waals surface area (Å²) in [7, 11) is 0. The van der Waals surface area contributed by atoms with Crippen LogP contribution in [0.4, 0.5) is 4.79 Å². The maximum absolute atomic E-state index is 12.5. The van der Waals surface area contributed by atoms with Gasteiger partial charge >= 0.3 is 12.0 Å². The summed E-state index contributed by atoms with van der Waals surface area (Å²) in [5, 5.41) is 12.5. The number of amides is 2. The van der Waals surface area contributed by atoms with E-state index in [2.05, 4.69) is 10.2 Å². The van der Waals surface area contributed by atoms with E-state index in [4.69, 9.17) is 0 Å². The second-order valence-corrected chi connectivity index (χ2v) is 6.69. The van der Waals surface area contributed by atoms with Crippen LogP contribution in [-0.2, 0) is 4.79 Å². The monoisotopic (exact) mass is 295 g/mol. The van der Waals surface area contributed by atoms with E-state index in [-0.39, 0.29) is 18.0 Å². The summed E-state index contributed by atoms with van der Waals surface area (Å²) < 4.78 is 0. The van der Waals surface area contributed by atoms with Crippen LogP contribution in [0, 0.1) is 5.92 Å². The van der Waals surface area contributed by atoms with E-state index in [0.717, 1.165) is 38.8 Å². The Bertz CT molecular complexity index is 428. The van der Waals surface area contributed by atoms with Crippen molar-refractivity contribution in [2.45, 2.75) is 57.2 Å². The van der Waals surface area contributed by atoms with Gasteiger partial charge in [0, 0.05) is 25.2 Å². The zero-order valence-electron chi connectivity index (χ0n) is 12.6. The van der Waals surface area contributed by atoms with Gasteiger partial charge < -0.3 is 15.3 Å². The van der Waals surface area contributed by atoms with Gasteiger partial charge in [-0.1, -0.05) is 6.92 Å². The van der Waals surface area contributed by atoms with Gasteiger partial charge in [0.1, 0.15) is 6.04 Å². The molecule has 0 saturated carbocycles. The van der Waals surface area contributed by atoms with Gasteiger partial charge in [-0.25, -0.2) is 9.59 Å². The molecule has 6 heteroatoms. The van der Waals surface area contributed by atoms with Gasteiger partial charge in [0.25, 0.3) is 0 Å². The number of rotatable bonds is 2. The molecule has 0 bridgehead atoms. The minimum Gasteiger partial charge on any atom is -0.480 e. The first-order chi connectivity index (χ1) is 10.1. The number of aliphatic carboxylic acids is 1. The van der Waals surface area contributed by atoms with Crippen LogP contribution in [0.3, 0.4) is 0 Å². The summed E-state index contributed by atoms with van der Waals surface area (Å²) in [6, 6.07) is -0.223. The minimum absolute atomic E-state index is 0.0218. The van der Waals surface area contributed by atoms with E-state index in [0.29, 0.717) is 12.6 Å². The summed E-state index contributed by atoms with van der Waals surface area (Å²) in [6.45, 7) is 4.66. The van der Waals surface area contributed by atoms with Crippen molar-refractivity contribution in [3.05, 3.63) is 0 Å². The molecule has 2 N–H and O–H groups in total. The first kappa shape index (κ1) is 14.6. The standard InChI is InChI=1S/C15H25N3O3/c1-10-4-2-8-18(13(10)14(19)20)15(21)16-11-6-9-17-7-3-5-12(11)17/h10-13H,2-9H2,1H3,(H,16,21)(H,19,20). The first-order valence-corrected chi connectivity index (χ1v) is 8.12. The van der Waals surface area contributed by atoms with Crippen LogP contribution in [0.2, 0.25) is 0 Å². The van der Waals surface area contributed by atoms with E-state index in [9.17, 15) is 14.7 Å². The number of piperidine rings is 1. The van der Waals surface area contributed by atoms with Crippen molar-refractivity contribution in [3.8, 4) is 0 Å². The molecule has 3 aliphatic heterocycles. The average Bonchev–Trinajstić information content (AvgIpc) is 3.03. The number of fused-ring (bicyclic) bond motifs is 1. The number of hydrogen-bond donors (Lipinski definition) is 2. The first-order valence-electron chi connectivity index (χ1n) is 8.12. The van der Waals surface area contributed by atoms with E-state index >= 15 is 0 Å². The lowest BCUT2D eigenvalue weighted by Crippen LogP contribution is -2.57. The number of carboxylic acids is 1. The molecule has 0 aromatic heterocycles. The summed E-state index contributed by atoms with van der Waals surface area (Å²) in [6.07, 6.45) is 5.09. The summed E-state index contributed by atoms with van der Waals surface area (Å²) >= 11 is 0. The molecule has 0 radical (unpaired) electrons. The Morgan fingerprint density at radius 2 is 1.86 bits per heavy atom. The number of urea groups is 1. The third-order valence-corrected chi connectivity index (χ3v) is 5.36. The van der Waals surface area contributed by atoms with Crippen LogP contribution in [0.15, 0.2) is 0 Å². The number of hydrogen-bond acceptors (Lipinski definition) is 3. The second kappa shape index (κ2) is 5.83. The Balaban J connectivity index is 1.65. The molecule has 0 spiro atoms. The van der Waals surface area contributed by atoms with Gasteiger partial charge in [0.2, 0.25) is 0 Å². The molecule has 4 atom stereocenters. The highest BCUT2D eigenvalue weighted by atomic mass is 16.4. The summed E-state index contributed by atoms with van der Waals surface area (Å²) in [4.78, 5) is 28.0. The van der Waals surface area contributed by atoms with Crippen molar-refractivity contribution >= 4 is 12.0 Å². The van der Waals surface area contributed by atoms with Crippen molar-refractivity contribution in [1.82, 2.24) is 15.1 Å². The zero-order valence-corrected chi connectivity index (χ0v) is 12.6. The van der Waals surface area contributed by atoms with Gasteiger partial charge in [0.05, 0.1) is 0 Å². The molecule has 21 heavy (non-hydrogen) atoms. The predicted molar refractivity (Wildman–Crippen MR) is 78.1 cm³/mol. The molecule has 118 valence electrons. The van der Waals surface area contributed by atoms with E-state index in [1.54, 1.807) is 0 Å². The van der Waals surface area contributed by atoms with E-state index in [1.165, 1.54) is 11.3 Å². The summed E-state index contributed by atoms with van der Waals surface area (Å²) in [5.41, 5.74) is 0. The third-order valence-electron chi connectivity index (χ3n) is 5.36. The van der Waals surface area contributed by atoms with E-state index in [1.807, 2.05) is 6.92 Å². The molecule has 0 aliphatic carbocycles. The molecular weight excluding hydrogens is 270 g/mol. The Labute approximate surface area is 125 Å². The Morgan fingerprint density at radius 1 is 1.10 bits per heavy atom. The van der Waals surface area contributed by atoms with Gasteiger partial charge in [-0.05, 0) is 44.6 Å². The fourth-order valence-corrected chi connectivity index (χ4v) is 4.28. The SMILES string of the molecule is CC1CCCN(C(=O)NC2CCN3CCCC23)C1C(=O)O. The predicted octanol–water partition coefficient (Wildman–Crippen LogP) is 1.12. The van der Waals surface area contributed by atoms with Crippen molar-refractivity contribution in [3.63, 3.8) is 0 Å². The number of nitrogens with zero attached hydrogens (tertiary/aromatic N) is 2. The van der Waals surface area contributed by atoms with Crippen LogP contribution >= 0.6 is 0 Å².